The Morgan fingerprint density at radius 3 is 2.84 bits per heavy atom. The molecule has 0 amide bonds. The van der Waals surface area contributed by atoms with Crippen molar-refractivity contribution >= 4 is 40.1 Å². The zero-order valence-corrected chi connectivity index (χ0v) is 11.5. The molecule has 0 bridgehead atoms. The molecule has 0 aliphatic carbocycles. The van der Waals surface area contributed by atoms with Gasteiger partial charge in [0.15, 0.2) is 0 Å². The lowest BCUT2D eigenvalue weighted by Gasteiger charge is -2.05. The van der Waals surface area contributed by atoms with Crippen molar-refractivity contribution in [3.8, 4) is 11.3 Å². The predicted octanol–water partition coefficient (Wildman–Crippen LogP) is 3.97. The molecule has 19 heavy (non-hydrogen) atoms. The van der Waals surface area contributed by atoms with E-state index in [-0.39, 0.29) is 0 Å². The molecule has 6 heteroatoms. The summed E-state index contributed by atoms with van der Waals surface area (Å²) < 4.78 is 0. The fraction of sp³-hybridized carbons (Fsp3) is 0.0769. The van der Waals surface area contributed by atoms with Gasteiger partial charge in [-0.3, -0.25) is 0 Å². The zero-order chi connectivity index (χ0) is 13.4. The highest BCUT2D eigenvalue weighted by Crippen LogP contribution is 2.35. The number of aromatic nitrogens is 3. The van der Waals surface area contributed by atoms with Crippen LogP contribution < -0.4 is 5.32 Å². The molecule has 1 aromatic carbocycles. The summed E-state index contributed by atoms with van der Waals surface area (Å²) in [5.41, 5.74) is 2.47. The number of fused-ring (bicyclic) bond motifs is 1. The quantitative estimate of drug-likeness (QED) is 0.751. The zero-order valence-electron chi connectivity index (χ0n) is 10.0. The van der Waals surface area contributed by atoms with Crippen molar-refractivity contribution < 1.29 is 0 Å². The third kappa shape index (κ3) is 2.03. The third-order valence-corrected chi connectivity index (χ3v) is 3.47. The smallest absolute Gasteiger partial charge is 0.223 e. The molecule has 0 aliphatic rings. The van der Waals surface area contributed by atoms with Crippen LogP contribution in [-0.4, -0.2) is 22.0 Å². The third-order valence-electron chi connectivity index (χ3n) is 2.88. The number of hydrogen-bond acceptors (Lipinski definition) is 3. The van der Waals surface area contributed by atoms with E-state index >= 15 is 0 Å². The lowest BCUT2D eigenvalue weighted by atomic mass is 10.1. The second-order valence-corrected chi connectivity index (χ2v) is 4.82. The van der Waals surface area contributed by atoms with E-state index in [0.717, 1.165) is 16.5 Å². The number of anilines is 1. The minimum atomic E-state index is 0.486. The number of hydrogen-bond donors (Lipinski definition) is 2. The monoisotopic (exact) mass is 292 g/mol. The first-order valence-electron chi connectivity index (χ1n) is 5.67. The molecule has 0 aliphatic heterocycles. The van der Waals surface area contributed by atoms with Gasteiger partial charge in [0, 0.05) is 29.7 Å². The summed E-state index contributed by atoms with van der Waals surface area (Å²) in [6.45, 7) is 0. The first-order chi connectivity index (χ1) is 9.20. The predicted molar refractivity (Wildman–Crippen MR) is 78.9 cm³/mol. The van der Waals surface area contributed by atoms with E-state index in [0.29, 0.717) is 21.7 Å². The van der Waals surface area contributed by atoms with Gasteiger partial charge in [-0.15, -0.1) is 0 Å². The summed E-state index contributed by atoms with van der Waals surface area (Å²) in [5, 5.41) is 4.95. The molecule has 2 N–H and O–H groups in total. The number of nitrogens with one attached hydrogen (secondary N) is 2. The van der Waals surface area contributed by atoms with Crippen molar-refractivity contribution in [3.05, 3.63) is 40.6 Å². The van der Waals surface area contributed by atoms with E-state index in [1.807, 2.05) is 24.4 Å². The van der Waals surface area contributed by atoms with E-state index < -0.39 is 0 Å². The van der Waals surface area contributed by atoms with E-state index in [2.05, 4.69) is 20.3 Å². The summed E-state index contributed by atoms with van der Waals surface area (Å²) in [4.78, 5) is 11.6. The maximum absolute atomic E-state index is 6.26. The van der Waals surface area contributed by atoms with Crippen LogP contribution in [-0.2, 0) is 0 Å². The topological polar surface area (TPSA) is 53.6 Å². The highest BCUT2D eigenvalue weighted by atomic mass is 35.5. The van der Waals surface area contributed by atoms with Gasteiger partial charge in [-0.2, -0.15) is 0 Å². The fourth-order valence-corrected chi connectivity index (χ4v) is 2.47. The van der Waals surface area contributed by atoms with Crippen molar-refractivity contribution in [3.63, 3.8) is 0 Å². The maximum atomic E-state index is 6.26. The molecule has 2 heterocycles. The Labute approximate surface area is 119 Å². The van der Waals surface area contributed by atoms with Gasteiger partial charge in [0.1, 0.15) is 0 Å². The number of nitrogens with zero attached hydrogens (tertiary/aromatic N) is 2. The standard InChI is InChI=1S/C13H10Cl2N4/c1-16-13-18-6-9(15)12(19-13)7-5-17-10-4-2-3-8(14)11(7)10/h2-6,17H,1H3,(H,16,18,19). The van der Waals surface area contributed by atoms with E-state index in [9.17, 15) is 0 Å². The van der Waals surface area contributed by atoms with Crippen LogP contribution in [0.2, 0.25) is 10.0 Å². The average Bonchev–Trinajstić information content (AvgIpc) is 2.85. The lowest BCUT2D eigenvalue weighted by molar-refractivity contribution is 1.16. The van der Waals surface area contributed by atoms with Gasteiger partial charge in [-0.25, -0.2) is 9.97 Å². The second-order valence-electron chi connectivity index (χ2n) is 4.00. The van der Waals surface area contributed by atoms with E-state index in [1.165, 1.54) is 0 Å². The molecule has 0 atom stereocenters. The summed E-state index contributed by atoms with van der Waals surface area (Å²) in [5.74, 6) is 0.515. The van der Waals surface area contributed by atoms with Crippen LogP contribution in [0, 0.1) is 0 Å². The maximum Gasteiger partial charge on any atom is 0.223 e. The van der Waals surface area contributed by atoms with Crippen LogP contribution in [0.1, 0.15) is 0 Å². The Kier molecular flexibility index (Phi) is 3.05. The molecular formula is C13H10Cl2N4. The average molecular weight is 293 g/mol. The molecule has 0 saturated carbocycles. The molecule has 0 fully saturated rings. The van der Waals surface area contributed by atoms with Crippen molar-refractivity contribution in [2.24, 2.45) is 0 Å². The molecule has 3 aromatic rings. The Balaban J connectivity index is 2.30. The summed E-state index contributed by atoms with van der Waals surface area (Å²) in [7, 11) is 1.76. The highest BCUT2D eigenvalue weighted by Gasteiger charge is 2.14. The Morgan fingerprint density at radius 2 is 2.05 bits per heavy atom. The summed E-state index contributed by atoms with van der Waals surface area (Å²) in [6, 6.07) is 5.69. The molecule has 96 valence electrons. The second kappa shape index (κ2) is 4.72. The Bertz CT molecular complexity index is 751. The Hall–Kier alpha value is -1.78. The van der Waals surface area contributed by atoms with Gasteiger partial charge in [0.2, 0.25) is 5.95 Å². The SMILES string of the molecule is CNc1ncc(Cl)c(-c2c[nH]c3cccc(Cl)c23)n1. The molecule has 4 nitrogen and oxygen atoms in total. The van der Waals surface area contributed by atoms with Gasteiger partial charge in [-0.1, -0.05) is 29.3 Å². The minimum absolute atomic E-state index is 0.486. The number of aromatic amines is 1. The fourth-order valence-electron chi connectivity index (χ4n) is 2.00. The van der Waals surface area contributed by atoms with Crippen LogP contribution in [0.15, 0.2) is 30.6 Å². The normalized spacial score (nSPS) is 10.9. The summed E-state index contributed by atoms with van der Waals surface area (Å²) in [6.07, 6.45) is 3.43. The number of benzene rings is 1. The highest BCUT2D eigenvalue weighted by molar-refractivity contribution is 6.37. The van der Waals surface area contributed by atoms with Crippen LogP contribution in [0.25, 0.3) is 22.2 Å². The number of rotatable bonds is 2. The Morgan fingerprint density at radius 1 is 1.21 bits per heavy atom. The first kappa shape index (κ1) is 12.3. The van der Waals surface area contributed by atoms with Crippen molar-refractivity contribution in [1.82, 2.24) is 15.0 Å². The van der Waals surface area contributed by atoms with E-state index in [4.69, 9.17) is 23.2 Å². The molecule has 0 radical (unpaired) electrons. The minimum Gasteiger partial charge on any atom is -0.360 e. The largest absolute Gasteiger partial charge is 0.360 e. The van der Waals surface area contributed by atoms with Crippen LogP contribution >= 0.6 is 23.2 Å². The van der Waals surface area contributed by atoms with Crippen LogP contribution in [0.4, 0.5) is 5.95 Å². The molecule has 0 saturated heterocycles. The van der Waals surface area contributed by atoms with E-state index in [1.54, 1.807) is 13.2 Å². The molecule has 3 rings (SSSR count). The van der Waals surface area contributed by atoms with Crippen molar-refractivity contribution in [2.75, 3.05) is 12.4 Å². The van der Waals surface area contributed by atoms with Gasteiger partial charge >= 0.3 is 0 Å². The number of H-pyrrole nitrogens is 1. The lowest BCUT2D eigenvalue weighted by Crippen LogP contribution is -1.97. The molecule has 0 unspecified atom stereocenters. The molecule has 2 aromatic heterocycles. The molecule has 0 spiro atoms. The van der Waals surface area contributed by atoms with Crippen molar-refractivity contribution in [1.29, 1.82) is 0 Å². The van der Waals surface area contributed by atoms with Crippen LogP contribution in [0.5, 0.6) is 0 Å². The van der Waals surface area contributed by atoms with Crippen molar-refractivity contribution in [2.45, 2.75) is 0 Å². The van der Waals surface area contributed by atoms with Gasteiger partial charge in [-0.05, 0) is 12.1 Å². The summed E-state index contributed by atoms with van der Waals surface area (Å²) >= 11 is 12.4. The molecular weight excluding hydrogens is 283 g/mol. The van der Waals surface area contributed by atoms with Gasteiger partial charge < -0.3 is 10.3 Å². The van der Waals surface area contributed by atoms with Gasteiger partial charge in [0.05, 0.1) is 21.9 Å². The van der Waals surface area contributed by atoms with Gasteiger partial charge in [0.25, 0.3) is 0 Å². The van der Waals surface area contributed by atoms with Crippen LogP contribution in [0.3, 0.4) is 0 Å². The first-order valence-corrected chi connectivity index (χ1v) is 6.42. The number of halogens is 2.